The van der Waals surface area contributed by atoms with Crippen molar-refractivity contribution < 1.29 is 12.8 Å². The van der Waals surface area contributed by atoms with Crippen LogP contribution < -0.4 is 5.32 Å². The molecular weight excluding hydrogens is 267 g/mol. The van der Waals surface area contributed by atoms with Crippen LogP contribution in [0.2, 0.25) is 0 Å². The number of halogens is 1. The van der Waals surface area contributed by atoms with Gasteiger partial charge in [0, 0.05) is 13.1 Å². The summed E-state index contributed by atoms with van der Waals surface area (Å²) < 4.78 is 39.7. The third-order valence-electron chi connectivity index (χ3n) is 3.51. The van der Waals surface area contributed by atoms with Gasteiger partial charge in [-0.3, -0.25) is 0 Å². The molecule has 0 amide bonds. The maximum atomic E-state index is 13.3. The molecule has 0 spiro atoms. The average Bonchev–Trinajstić information content (AvgIpc) is 2.82. The summed E-state index contributed by atoms with van der Waals surface area (Å²) in [6.07, 6.45) is 0.842. The van der Waals surface area contributed by atoms with Crippen LogP contribution in [0.25, 0.3) is 0 Å². The SMILES string of the molecule is CNC[C@@H]1CCN(S(=O)(=O)c2cc(F)ccc2C)C1. The molecule has 4 nitrogen and oxygen atoms in total. The zero-order valence-corrected chi connectivity index (χ0v) is 12.0. The van der Waals surface area contributed by atoms with Crippen LogP contribution in [0, 0.1) is 18.7 Å². The Morgan fingerprint density at radius 3 is 2.89 bits per heavy atom. The van der Waals surface area contributed by atoms with Crippen molar-refractivity contribution in [2.45, 2.75) is 18.2 Å². The average molecular weight is 286 g/mol. The summed E-state index contributed by atoms with van der Waals surface area (Å²) in [5.41, 5.74) is 0.582. The van der Waals surface area contributed by atoms with Gasteiger partial charge >= 0.3 is 0 Å². The van der Waals surface area contributed by atoms with Gasteiger partial charge < -0.3 is 5.32 Å². The number of nitrogens with zero attached hydrogens (tertiary/aromatic N) is 1. The number of aryl methyl sites for hydroxylation is 1. The molecule has 1 saturated heterocycles. The van der Waals surface area contributed by atoms with Gasteiger partial charge in [-0.25, -0.2) is 12.8 Å². The Kier molecular flexibility index (Phi) is 4.23. The molecule has 1 heterocycles. The predicted molar refractivity (Wildman–Crippen MR) is 71.9 cm³/mol. The van der Waals surface area contributed by atoms with E-state index in [4.69, 9.17) is 0 Å². The molecule has 19 heavy (non-hydrogen) atoms. The van der Waals surface area contributed by atoms with Crippen LogP contribution >= 0.6 is 0 Å². The van der Waals surface area contributed by atoms with Gasteiger partial charge in [0.25, 0.3) is 0 Å². The Balaban J connectivity index is 2.26. The third kappa shape index (κ3) is 2.96. The van der Waals surface area contributed by atoms with Gasteiger partial charge in [-0.1, -0.05) is 6.07 Å². The van der Waals surface area contributed by atoms with Crippen molar-refractivity contribution in [1.82, 2.24) is 9.62 Å². The molecule has 0 saturated carbocycles. The molecule has 0 bridgehead atoms. The summed E-state index contributed by atoms with van der Waals surface area (Å²) in [5, 5.41) is 3.06. The highest BCUT2D eigenvalue weighted by Gasteiger charge is 2.33. The third-order valence-corrected chi connectivity index (χ3v) is 5.52. The maximum absolute atomic E-state index is 13.3. The van der Waals surface area contributed by atoms with E-state index in [0.717, 1.165) is 19.0 Å². The number of hydrogen-bond donors (Lipinski definition) is 1. The molecule has 6 heteroatoms. The minimum atomic E-state index is -3.58. The lowest BCUT2D eigenvalue weighted by molar-refractivity contribution is 0.450. The van der Waals surface area contributed by atoms with Gasteiger partial charge in [-0.05, 0) is 50.6 Å². The highest BCUT2D eigenvalue weighted by molar-refractivity contribution is 7.89. The van der Waals surface area contributed by atoms with E-state index in [1.165, 1.54) is 16.4 Å². The Hall–Kier alpha value is -0.980. The van der Waals surface area contributed by atoms with Crippen molar-refractivity contribution in [1.29, 1.82) is 0 Å². The zero-order valence-electron chi connectivity index (χ0n) is 11.2. The molecule has 1 aliphatic heterocycles. The van der Waals surface area contributed by atoms with Crippen molar-refractivity contribution in [3.05, 3.63) is 29.6 Å². The first-order valence-corrected chi connectivity index (χ1v) is 7.80. The zero-order chi connectivity index (χ0) is 14.0. The predicted octanol–water partition coefficient (Wildman–Crippen LogP) is 1.36. The molecule has 1 N–H and O–H groups in total. The number of hydrogen-bond acceptors (Lipinski definition) is 3. The maximum Gasteiger partial charge on any atom is 0.243 e. The van der Waals surface area contributed by atoms with Gasteiger partial charge in [0.1, 0.15) is 5.82 Å². The van der Waals surface area contributed by atoms with Crippen LogP contribution in [0.4, 0.5) is 4.39 Å². The summed E-state index contributed by atoms with van der Waals surface area (Å²) >= 11 is 0. The second-order valence-electron chi connectivity index (χ2n) is 4.99. The van der Waals surface area contributed by atoms with Gasteiger partial charge in [-0.15, -0.1) is 0 Å². The lowest BCUT2D eigenvalue weighted by Crippen LogP contribution is -2.31. The molecule has 2 rings (SSSR count). The molecule has 1 aromatic carbocycles. The summed E-state index contributed by atoms with van der Waals surface area (Å²) in [6, 6.07) is 3.89. The first-order chi connectivity index (χ1) is 8.95. The first-order valence-electron chi connectivity index (χ1n) is 6.36. The molecule has 1 atom stereocenters. The van der Waals surface area contributed by atoms with E-state index in [1.54, 1.807) is 6.92 Å². The standard InChI is InChI=1S/C13H19FN2O2S/c1-10-3-4-12(14)7-13(10)19(17,18)16-6-5-11(9-16)8-15-2/h3-4,7,11,15H,5-6,8-9H2,1-2H3/t11-/m0/s1. The van der Waals surface area contributed by atoms with E-state index >= 15 is 0 Å². The van der Waals surface area contributed by atoms with E-state index in [1.807, 2.05) is 7.05 Å². The Labute approximate surface area is 113 Å². The largest absolute Gasteiger partial charge is 0.319 e. The summed E-state index contributed by atoms with van der Waals surface area (Å²) in [6.45, 7) is 3.49. The Morgan fingerprint density at radius 2 is 2.21 bits per heavy atom. The lowest BCUT2D eigenvalue weighted by atomic mass is 10.1. The van der Waals surface area contributed by atoms with E-state index in [9.17, 15) is 12.8 Å². The van der Waals surface area contributed by atoms with Crippen molar-refractivity contribution in [3.8, 4) is 0 Å². The summed E-state index contributed by atoms with van der Waals surface area (Å²) in [7, 11) is -1.72. The first kappa shape index (κ1) is 14.4. The number of benzene rings is 1. The van der Waals surface area contributed by atoms with E-state index in [-0.39, 0.29) is 4.90 Å². The monoisotopic (exact) mass is 286 g/mol. The van der Waals surface area contributed by atoms with E-state index in [0.29, 0.717) is 24.6 Å². The van der Waals surface area contributed by atoms with Gasteiger partial charge in [-0.2, -0.15) is 4.31 Å². The van der Waals surface area contributed by atoms with Crippen molar-refractivity contribution in [2.24, 2.45) is 5.92 Å². The molecule has 0 aromatic heterocycles. The molecule has 0 radical (unpaired) electrons. The summed E-state index contributed by atoms with van der Waals surface area (Å²) in [5.74, 6) is -0.191. The molecule has 1 aliphatic rings. The van der Waals surface area contributed by atoms with E-state index in [2.05, 4.69) is 5.32 Å². The molecule has 0 unspecified atom stereocenters. The molecular formula is C13H19FN2O2S. The quantitative estimate of drug-likeness (QED) is 0.909. The fraction of sp³-hybridized carbons (Fsp3) is 0.538. The Bertz CT molecular complexity index is 560. The van der Waals surface area contributed by atoms with Crippen LogP contribution in [-0.2, 0) is 10.0 Å². The smallest absolute Gasteiger partial charge is 0.243 e. The van der Waals surface area contributed by atoms with Crippen LogP contribution in [-0.4, -0.2) is 39.4 Å². The lowest BCUT2D eigenvalue weighted by Gasteiger charge is -2.18. The second kappa shape index (κ2) is 5.56. The minimum absolute atomic E-state index is 0.0811. The van der Waals surface area contributed by atoms with Crippen molar-refractivity contribution >= 4 is 10.0 Å². The highest BCUT2D eigenvalue weighted by atomic mass is 32.2. The normalized spacial score (nSPS) is 20.9. The van der Waals surface area contributed by atoms with Crippen LogP contribution in [0.15, 0.2) is 23.1 Å². The number of nitrogens with one attached hydrogen (secondary N) is 1. The van der Waals surface area contributed by atoms with Crippen LogP contribution in [0.5, 0.6) is 0 Å². The second-order valence-corrected chi connectivity index (χ2v) is 6.89. The fourth-order valence-corrected chi connectivity index (χ4v) is 4.23. The van der Waals surface area contributed by atoms with Gasteiger partial charge in [0.05, 0.1) is 4.90 Å². The molecule has 106 valence electrons. The number of rotatable bonds is 4. The Morgan fingerprint density at radius 1 is 1.47 bits per heavy atom. The number of sulfonamides is 1. The van der Waals surface area contributed by atoms with E-state index < -0.39 is 15.8 Å². The summed E-state index contributed by atoms with van der Waals surface area (Å²) in [4.78, 5) is 0.0811. The topological polar surface area (TPSA) is 49.4 Å². The molecule has 1 fully saturated rings. The van der Waals surface area contributed by atoms with Crippen molar-refractivity contribution in [2.75, 3.05) is 26.7 Å². The molecule has 0 aliphatic carbocycles. The fourth-order valence-electron chi connectivity index (χ4n) is 2.46. The van der Waals surface area contributed by atoms with Crippen molar-refractivity contribution in [3.63, 3.8) is 0 Å². The highest BCUT2D eigenvalue weighted by Crippen LogP contribution is 2.26. The van der Waals surface area contributed by atoms with Crippen LogP contribution in [0.1, 0.15) is 12.0 Å². The molecule has 1 aromatic rings. The van der Waals surface area contributed by atoms with Gasteiger partial charge in [0.2, 0.25) is 10.0 Å². The minimum Gasteiger partial charge on any atom is -0.319 e. The van der Waals surface area contributed by atoms with Crippen LogP contribution in [0.3, 0.4) is 0 Å². The van der Waals surface area contributed by atoms with Gasteiger partial charge in [0.15, 0.2) is 0 Å².